The van der Waals surface area contributed by atoms with Crippen molar-refractivity contribution in [3.8, 4) is 0 Å². The number of anilines is 1. The molecule has 0 unspecified atom stereocenters. The van der Waals surface area contributed by atoms with E-state index >= 15 is 0 Å². The van der Waals surface area contributed by atoms with Crippen molar-refractivity contribution < 1.29 is 13.2 Å². The van der Waals surface area contributed by atoms with Gasteiger partial charge in [0.05, 0.1) is 22.5 Å². The van der Waals surface area contributed by atoms with Crippen molar-refractivity contribution >= 4 is 21.6 Å². The zero-order chi connectivity index (χ0) is 20.0. The summed E-state index contributed by atoms with van der Waals surface area (Å²) >= 11 is 0. The molecule has 1 amide bonds. The molecule has 0 radical (unpaired) electrons. The number of carbonyl (C=O) groups excluding carboxylic acids is 1. The molecule has 1 heterocycles. The van der Waals surface area contributed by atoms with E-state index in [1.54, 1.807) is 48.9 Å². The lowest BCUT2D eigenvalue weighted by Gasteiger charge is -2.13. The summed E-state index contributed by atoms with van der Waals surface area (Å²) in [6.45, 7) is 3.03. The molecule has 1 aromatic heterocycles. The third-order valence-electron chi connectivity index (χ3n) is 4.15. The van der Waals surface area contributed by atoms with Crippen molar-refractivity contribution in [3.63, 3.8) is 0 Å². The highest BCUT2D eigenvalue weighted by Crippen LogP contribution is 2.20. The fourth-order valence-electron chi connectivity index (χ4n) is 2.73. The predicted octanol–water partition coefficient (Wildman–Crippen LogP) is 2.81. The number of nitrogens with zero attached hydrogens (tertiary/aromatic N) is 2. The number of aromatic nitrogens is 2. The molecule has 28 heavy (non-hydrogen) atoms. The van der Waals surface area contributed by atoms with Crippen LogP contribution >= 0.6 is 0 Å². The summed E-state index contributed by atoms with van der Waals surface area (Å²) < 4.78 is 29.8. The average Bonchev–Trinajstić information content (AvgIpc) is 3.19. The molecule has 146 valence electrons. The number of aryl methyl sites for hydroxylation is 2. The first-order valence-electron chi connectivity index (χ1n) is 8.88. The topological polar surface area (TPSA) is 93.1 Å². The molecule has 8 heteroatoms. The summed E-state index contributed by atoms with van der Waals surface area (Å²) in [5.41, 5.74) is 1.37. The summed E-state index contributed by atoms with van der Waals surface area (Å²) in [5, 5.41) is 2.83. The van der Waals surface area contributed by atoms with E-state index in [-0.39, 0.29) is 22.1 Å². The molecule has 2 N–H and O–H groups in total. The second kappa shape index (κ2) is 8.71. The third kappa shape index (κ3) is 4.98. The number of benzene rings is 2. The minimum absolute atomic E-state index is 0.156. The Balaban J connectivity index is 1.67. The van der Waals surface area contributed by atoms with Gasteiger partial charge in [-0.1, -0.05) is 24.3 Å². The van der Waals surface area contributed by atoms with Crippen molar-refractivity contribution in [3.05, 3.63) is 78.4 Å². The second-order valence-electron chi connectivity index (χ2n) is 6.38. The molecule has 0 spiro atoms. The Labute approximate surface area is 164 Å². The SMILES string of the molecule is Cc1cccc(S(=O)(=O)Nc2ccccc2C(=O)NCCCn2ccnc2)c1. The molecule has 0 saturated carbocycles. The van der Waals surface area contributed by atoms with E-state index in [4.69, 9.17) is 0 Å². The molecule has 0 fully saturated rings. The molecule has 0 aliphatic carbocycles. The van der Waals surface area contributed by atoms with Crippen LogP contribution < -0.4 is 10.0 Å². The summed E-state index contributed by atoms with van der Waals surface area (Å²) in [6, 6.07) is 13.2. The van der Waals surface area contributed by atoms with Gasteiger partial charge in [0.25, 0.3) is 15.9 Å². The van der Waals surface area contributed by atoms with E-state index < -0.39 is 10.0 Å². The van der Waals surface area contributed by atoms with E-state index in [0.717, 1.165) is 18.5 Å². The van der Waals surface area contributed by atoms with Gasteiger partial charge in [-0.25, -0.2) is 13.4 Å². The molecule has 0 bridgehead atoms. The number of sulfonamides is 1. The Morgan fingerprint density at radius 1 is 1.14 bits per heavy atom. The minimum Gasteiger partial charge on any atom is -0.352 e. The molecule has 0 atom stereocenters. The molecule has 7 nitrogen and oxygen atoms in total. The number of para-hydroxylation sites is 1. The standard InChI is InChI=1S/C20H22N4O3S/c1-16-6-4-7-17(14-16)28(26,27)23-19-9-3-2-8-18(19)20(25)22-10-5-12-24-13-11-21-15-24/h2-4,6-9,11,13-15,23H,5,10,12H2,1H3,(H,22,25). The van der Waals surface area contributed by atoms with E-state index in [0.29, 0.717) is 6.54 Å². The van der Waals surface area contributed by atoms with Crippen molar-refractivity contribution in [2.45, 2.75) is 24.8 Å². The first-order chi connectivity index (χ1) is 13.5. The zero-order valence-corrected chi connectivity index (χ0v) is 16.3. The Kier molecular flexibility index (Phi) is 6.10. The van der Waals surface area contributed by atoms with Crippen molar-refractivity contribution in [1.82, 2.24) is 14.9 Å². The zero-order valence-electron chi connectivity index (χ0n) is 15.5. The fourth-order valence-corrected chi connectivity index (χ4v) is 3.92. The van der Waals surface area contributed by atoms with Crippen LogP contribution in [0.3, 0.4) is 0 Å². The van der Waals surface area contributed by atoms with Gasteiger partial charge in [-0.15, -0.1) is 0 Å². The number of hydrogen-bond acceptors (Lipinski definition) is 4. The predicted molar refractivity (Wildman–Crippen MR) is 108 cm³/mol. The highest BCUT2D eigenvalue weighted by molar-refractivity contribution is 7.92. The number of imidazole rings is 1. The van der Waals surface area contributed by atoms with Crippen molar-refractivity contribution in [2.24, 2.45) is 0 Å². The molecular weight excluding hydrogens is 376 g/mol. The van der Waals surface area contributed by atoms with Gasteiger partial charge in [0.2, 0.25) is 0 Å². The van der Waals surface area contributed by atoms with Crippen LogP contribution in [0, 0.1) is 6.92 Å². The monoisotopic (exact) mass is 398 g/mol. The van der Waals surface area contributed by atoms with Crippen LogP contribution in [0.4, 0.5) is 5.69 Å². The fraction of sp³-hybridized carbons (Fsp3) is 0.200. The summed E-state index contributed by atoms with van der Waals surface area (Å²) in [5.74, 6) is -0.326. The third-order valence-corrected chi connectivity index (χ3v) is 5.52. The number of carbonyl (C=O) groups is 1. The maximum absolute atomic E-state index is 12.7. The van der Waals surface area contributed by atoms with Crippen LogP contribution in [0.1, 0.15) is 22.3 Å². The van der Waals surface area contributed by atoms with Gasteiger partial charge in [0.15, 0.2) is 0 Å². The lowest BCUT2D eigenvalue weighted by Crippen LogP contribution is -2.26. The van der Waals surface area contributed by atoms with Crippen LogP contribution in [0.25, 0.3) is 0 Å². The molecule has 0 aliphatic heterocycles. The van der Waals surface area contributed by atoms with Gasteiger partial charge < -0.3 is 9.88 Å². The highest BCUT2D eigenvalue weighted by atomic mass is 32.2. The maximum Gasteiger partial charge on any atom is 0.261 e. The Morgan fingerprint density at radius 2 is 1.96 bits per heavy atom. The van der Waals surface area contributed by atoms with Crippen LogP contribution in [-0.4, -0.2) is 30.4 Å². The number of amides is 1. The number of rotatable bonds is 8. The van der Waals surface area contributed by atoms with Crippen LogP contribution in [0.15, 0.2) is 72.1 Å². The first kappa shape index (κ1) is 19.6. The lowest BCUT2D eigenvalue weighted by molar-refractivity contribution is 0.0953. The Morgan fingerprint density at radius 3 is 2.71 bits per heavy atom. The normalized spacial score (nSPS) is 11.2. The van der Waals surface area contributed by atoms with Gasteiger partial charge >= 0.3 is 0 Å². The Hall–Kier alpha value is -3.13. The smallest absolute Gasteiger partial charge is 0.261 e. The molecule has 3 rings (SSSR count). The first-order valence-corrected chi connectivity index (χ1v) is 10.4. The van der Waals surface area contributed by atoms with Gasteiger partial charge in [-0.05, 0) is 43.2 Å². The second-order valence-corrected chi connectivity index (χ2v) is 8.06. The van der Waals surface area contributed by atoms with Crippen molar-refractivity contribution in [2.75, 3.05) is 11.3 Å². The van der Waals surface area contributed by atoms with Crippen LogP contribution in [0.5, 0.6) is 0 Å². The number of hydrogen-bond donors (Lipinski definition) is 2. The molecular formula is C20H22N4O3S. The summed E-state index contributed by atoms with van der Waals surface area (Å²) in [6.07, 6.45) is 6.02. The van der Waals surface area contributed by atoms with Gasteiger partial charge in [0.1, 0.15) is 0 Å². The van der Waals surface area contributed by atoms with Crippen LogP contribution in [-0.2, 0) is 16.6 Å². The van der Waals surface area contributed by atoms with Crippen LogP contribution in [0.2, 0.25) is 0 Å². The van der Waals surface area contributed by atoms with Gasteiger partial charge in [0, 0.05) is 25.5 Å². The highest BCUT2D eigenvalue weighted by Gasteiger charge is 2.18. The molecule has 3 aromatic rings. The van der Waals surface area contributed by atoms with Gasteiger partial charge in [-0.2, -0.15) is 0 Å². The minimum atomic E-state index is -3.79. The van der Waals surface area contributed by atoms with E-state index in [9.17, 15) is 13.2 Å². The van der Waals surface area contributed by atoms with E-state index in [1.807, 2.05) is 23.8 Å². The summed E-state index contributed by atoms with van der Waals surface area (Å²) in [4.78, 5) is 16.7. The summed E-state index contributed by atoms with van der Waals surface area (Å²) in [7, 11) is -3.79. The number of nitrogens with one attached hydrogen (secondary N) is 2. The quantitative estimate of drug-likeness (QED) is 0.571. The maximum atomic E-state index is 12.7. The van der Waals surface area contributed by atoms with E-state index in [1.165, 1.54) is 6.07 Å². The Bertz CT molecular complexity index is 1050. The molecule has 0 saturated heterocycles. The van der Waals surface area contributed by atoms with E-state index in [2.05, 4.69) is 15.0 Å². The lowest BCUT2D eigenvalue weighted by atomic mass is 10.1. The largest absolute Gasteiger partial charge is 0.352 e. The molecule has 2 aromatic carbocycles. The molecule has 0 aliphatic rings. The average molecular weight is 398 g/mol. The van der Waals surface area contributed by atoms with Crippen molar-refractivity contribution in [1.29, 1.82) is 0 Å². The van der Waals surface area contributed by atoms with Gasteiger partial charge in [-0.3, -0.25) is 9.52 Å².